The Kier molecular flexibility index (Phi) is 3.26. The molecule has 0 unspecified atom stereocenters. The van der Waals surface area contributed by atoms with Crippen molar-refractivity contribution in [2.75, 3.05) is 0 Å². The summed E-state index contributed by atoms with van der Waals surface area (Å²) in [5.41, 5.74) is 6.27. The molecule has 0 aliphatic heterocycles. The van der Waals surface area contributed by atoms with Gasteiger partial charge < -0.3 is 5.73 Å². The van der Waals surface area contributed by atoms with Gasteiger partial charge in [-0.1, -0.05) is 6.92 Å². The zero-order valence-electron chi connectivity index (χ0n) is 9.30. The van der Waals surface area contributed by atoms with Crippen LogP contribution in [0.4, 0.5) is 0 Å². The van der Waals surface area contributed by atoms with E-state index in [-0.39, 0.29) is 0 Å². The molecule has 0 fully saturated rings. The highest BCUT2D eigenvalue weighted by Crippen LogP contribution is 2.08. The molecule has 0 radical (unpaired) electrons. The summed E-state index contributed by atoms with van der Waals surface area (Å²) in [6, 6.07) is 0. The minimum atomic E-state index is 0.416. The van der Waals surface area contributed by atoms with Crippen LogP contribution in [0, 0.1) is 0 Å². The Labute approximate surface area is 94.4 Å². The first-order valence-corrected chi connectivity index (χ1v) is 5.38. The van der Waals surface area contributed by atoms with Gasteiger partial charge in [0, 0.05) is 25.4 Å². The number of imidazole rings is 1. The first-order valence-electron chi connectivity index (χ1n) is 5.38. The minimum absolute atomic E-state index is 0.416. The van der Waals surface area contributed by atoms with E-state index in [1.54, 1.807) is 18.6 Å². The monoisotopic (exact) mass is 217 g/mol. The average molecular weight is 217 g/mol. The lowest BCUT2D eigenvalue weighted by Crippen LogP contribution is -2.06. The highest BCUT2D eigenvalue weighted by atomic mass is 15.1. The molecular weight excluding hydrogens is 202 g/mol. The lowest BCUT2D eigenvalue weighted by atomic mass is 10.3. The predicted molar refractivity (Wildman–Crippen MR) is 61.0 cm³/mol. The normalized spacial score (nSPS) is 10.6. The van der Waals surface area contributed by atoms with Crippen molar-refractivity contribution in [1.29, 1.82) is 0 Å². The van der Waals surface area contributed by atoms with E-state index in [0.717, 1.165) is 30.2 Å². The maximum Gasteiger partial charge on any atom is 0.156 e. The van der Waals surface area contributed by atoms with Gasteiger partial charge in [-0.25, -0.2) is 9.97 Å². The summed E-state index contributed by atoms with van der Waals surface area (Å²) in [6.07, 6.45) is 9.10. The van der Waals surface area contributed by atoms with Crippen LogP contribution in [0.25, 0.3) is 5.82 Å². The second kappa shape index (κ2) is 4.85. The molecule has 0 bridgehead atoms. The molecule has 2 aromatic heterocycles. The number of hydrogen-bond acceptors (Lipinski definition) is 4. The summed E-state index contributed by atoms with van der Waals surface area (Å²) in [5.74, 6) is 1.80. The molecule has 0 saturated carbocycles. The fourth-order valence-electron chi connectivity index (χ4n) is 1.53. The molecule has 0 saturated heterocycles. The van der Waals surface area contributed by atoms with E-state index in [9.17, 15) is 0 Å². The molecular formula is C11H15N5. The Morgan fingerprint density at radius 1 is 1.25 bits per heavy atom. The fraction of sp³-hybridized carbons (Fsp3) is 0.364. The Balaban J connectivity index is 2.31. The molecule has 0 spiro atoms. The van der Waals surface area contributed by atoms with Crippen molar-refractivity contribution in [3.63, 3.8) is 0 Å². The van der Waals surface area contributed by atoms with Crippen LogP contribution < -0.4 is 5.73 Å². The van der Waals surface area contributed by atoms with Gasteiger partial charge in [0.15, 0.2) is 5.82 Å². The van der Waals surface area contributed by atoms with Crippen LogP contribution in [0.1, 0.15) is 24.9 Å². The molecule has 0 aliphatic carbocycles. The van der Waals surface area contributed by atoms with E-state index in [2.05, 4.69) is 21.9 Å². The lowest BCUT2D eigenvalue weighted by molar-refractivity contribution is 0.791. The van der Waals surface area contributed by atoms with Crippen LogP contribution in [-0.2, 0) is 13.0 Å². The number of rotatable bonds is 4. The van der Waals surface area contributed by atoms with Crippen LogP contribution in [0.15, 0.2) is 24.8 Å². The second-order valence-electron chi connectivity index (χ2n) is 3.53. The number of nitrogens with two attached hydrogens (primary N) is 1. The molecule has 0 aliphatic rings. The van der Waals surface area contributed by atoms with Crippen molar-refractivity contribution in [3.05, 3.63) is 36.3 Å². The zero-order valence-corrected chi connectivity index (χ0v) is 9.30. The Hall–Kier alpha value is -1.75. The van der Waals surface area contributed by atoms with Crippen molar-refractivity contribution in [3.8, 4) is 5.82 Å². The van der Waals surface area contributed by atoms with Gasteiger partial charge in [-0.2, -0.15) is 0 Å². The molecule has 2 N–H and O–H groups in total. The third-order valence-electron chi connectivity index (χ3n) is 2.34. The van der Waals surface area contributed by atoms with Gasteiger partial charge in [0.05, 0.1) is 18.1 Å². The quantitative estimate of drug-likeness (QED) is 0.831. The molecule has 0 amide bonds. The van der Waals surface area contributed by atoms with Crippen molar-refractivity contribution < 1.29 is 0 Å². The van der Waals surface area contributed by atoms with Gasteiger partial charge >= 0.3 is 0 Å². The summed E-state index contributed by atoms with van der Waals surface area (Å²) in [5, 5.41) is 0. The predicted octanol–water partition coefficient (Wildman–Crippen LogP) is 1.07. The SMILES string of the molecule is CCCc1nccn1-c1cnc(CN)cn1. The van der Waals surface area contributed by atoms with Gasteiger partial charge in [-0.05, 0) is 6.42 Å². The van der Waals surface area contributed by atoms with Crippen molar-refractivity contribution in [1.82, 2.24) is 19.5 Å². The van der Waals surface area contributed by atoms with E-state index in [1.807, 2.05) is 10.8 Å². The first-order chi connectivity index (χ1) is 7.85. The second-order valence-corrected chi connectivity index (χ2v) is 3.53. The number of aromatic nitrogens is 4. The van der Waals surface area contributed by atoms with E-state index >= 15 is 0 Å². The van der Waals surface area contributed by atoms with Gasteiger partial charge in [-0.15, -0.1) is 0 Å². The molecule has 2 aromatic rings. The highest BCUT2D eigenvalue weighted by molar-refractivity contribution is 5.21. The third-order valence-corrected chi connectivity index (χ3v) is 2.34. The Morgan fingerprint density at radius 3 is 2.75 bits per heavy atom. The summed E-state index contributed by atoms with van der Waals surface area (Å²) in [6.45, 7) is 2.54. The summed E-state index contributed by atoms with van der Waals surface area (Å²) in [7, 11) is 0. The van der Waals surface area contributed by atoms with Crippen molar-refractivity contribution >= 4 is 0 Å². The topological polar surface area (TPSA) is 69.6 Å². The molecule has 0 atom stereocenters. The highest BCUT2D eigenvalue weighted by Gasteiger charge is 2.05. The largest absolute Gasteiger partial charge is 0.325 e. The van der Waals surface area contributed by atoms with E-state index < -0.39 is 0 Å². The molecule has 16 heavy (non-hydrogen) atoms. The molecule has 5 nitrogen and oxygen atoms in total. The van der Waals surface area contributed by atoms with Gasteiger partial charge in [0.2, 0.25) is 0 Å². The van der Waals surface area contributed by atoms with Crippen LogP contribution in [0.3, 0.4) is 0 Å². The first kappa shape index (κ1) is 10.8. The smallest absolute Gasteiger partial charge is 0.156 e. The Morgan fingerprint density at radius 2 is 2.12 bits per heavy atom. The van der Waals surface area contributed by atoms with E-state index in [4.69, 9.17) is 5.73 Å². The zero-order chi connectivity index (χ0) is 11.4. The van der Waals surface area contributed by atoms with Crippen LogP contribution in [-0.4, -0.2) is 19.5 Å². The van der Waals surface area contributed by atoms with Crippen LogP contribution in [0.5, 0.6) is 0 Å². The summed E-state index contributed by atoms with van der Waals surface area (Å²) < 4.78 is 1.96. The van der Waals surface area contributed by atoms with Crippen molar-refractivity contribution in [2.24, 2.45) is 5.73 Å². The van der Waals surface area contributed by atoms with Crippen LogP contribution >= 0.6 is 0 Å². The van der Waals surface area contributed by atoms with Gasteiger partial charge in [0.25, 0.3) is 0 Å². The third kappa shape index (κ3) is 2.09. The van der Waals surface area contributed by atoms with Gasteiger partial charge in [-0.3, -0.25) is 9.55 Å². The summed E-state index contributed by atoms with van der Waals surface area (Å²) >= 11 is 0. The molecule has 84 valence electrons. The Bertz CT molecular complexity index is 446. The number of hydrogen-bond donors (Lipinski definition) is 1. The lowest BCUT2D eigenvalue weighted by Gasteiger charge is -2.05. The van der Waals surface area contributed by atoms with Crippen molar-refractivity contribution in [2.45, 2.75) is 26.3 Å². The van der Waals surface area contributed by atoms with E-state index in [0.29, 0.717) is 6.54 Å². The average Bonchev–Trinajstić information content (AvgIpc) is 2.78. The van der Waals surface area contributed by atoms with E-state index in [1.165, 1.54) is 0 Å². The molecule has 0 aromatic carbocycles. The minimum Gasteiger partial charge on any atom is -0.325 e. The number of aryl methyl sites for hydroxylation is 1. The number of nitrogens with zero attached hydrogens (tertiary/aromatic N) is 4. The van der Waals surface area contributed by atoms with Crippen LogP contribution in [0.2, 0.25) is 0 Å². The standard InChI is InChI=1S/C11H15N5/c1-2-3-10-13-4-5-16(10)11-8-14-9(6-12)7-15-11/h4-5,7-8H,2-3,6,12H2,1H3. The fourth-order valence-corrected chi connectivity index (χ4v) is 1.53. The van der Waals surface area contributed by atoms with Gasteiger partial charge in [0.1, 0.15) is 5.82 Å². The maximum atomic E-state index is 5.47. The molecule has 2 rings (SSSR count). The molecule has 5 heteroatoms. The summed E-state index contributed by atoms with van der Waals surface area (Å²) in [4.78, 5) is 12.8. The molecule has 2 heterocycles. The maximum absolute atomic E-state index is 5.47.